The van der Waals surface area contributed by atoms with Gasteiger partial charge in [-0.25, -0.2) is 4.79 Å². The molecule has 0 saturated carbocycles. The van der Waals surface area contributed by atoms with E-state index in [0.717, 1.165) is 30.8 Å². The highest BCUT2D eigenvalue weighted by Gasteiger charge is 2.09. The number of fused-ring (bicyclic) bond motifs is 1. The van der Waals surface area contributed by atoms with Crippen LogP contribution in [0.5, 0.6) is 0 Å². The molecule has 0 unspecified atom stereocenters. The van der Waals surface area contributed by atoms with E-state index in [0.29, 0.717) is 0 Å². The zero-order chi connectivity index (χ0) is 12.5. The number of aromatic nitrogens is 2. The van der Waals surface area contributed by atoms with Gasteiger partial charge in [-0.05, 0) is 30.5 Å². The van der Waals surface area contributed by atoms with Gasteiger partial charge in [0, 0.05) is 24.5 Å². The summed E-state index contributed by atoms with van der Waals surface area (Å²) < 4.78 is 1.43. The van der Waals surface area contributed by atoms with Crippen LogP contribution in [0.3, 0.4) is 0 Å². The summed E-state index contributed by atoms with van der Waals surface area (Å²) in [5.41, 5.74) is 2.29. The number of hydrogen-bond donors (Lipinski definition) is 2. The van der Waals surface area contributed by atoms with E-state index in [4.69, 9.17) is 0 Å². The highest BCUT2D eigenvalue weighted by atomic mass is 16.2. The number of rotatable bonds is 1. The molecule has 92 valence electrons. The van der Waals surface area contributed by atoms with Gasteiger partial charge in [0.25, 0.3) is 5.56 Å². The first kappa shape index (κ1) is 10.8. The van der Waals surface area contributed by atoms with E-state index in [1.807, 2.05) is 18.2 Å². The maximum absolute atomic E-state index is 11.7. The summed E-state index contributed by atoms with van der Waals surface area (Å²) in [4.78, 5) is 25.0. The van der Waals surface area contributed by atoms with Crippen molar-refractivity contribution in [1.82, 2.24) is 9.55 Å². The molecule has 2 N–H and O–H groups in total. The van der Waals surface area contributed by atoms with Gasteiger partial charge in [-0.2, -0.15) is 0 Å². The molecule has 0 fully saturated rings. The van der Waals surface area contributed by atoms with Crippen molar-refractivity contribution in [1.29, 1.82) is 0 Å². The van der Waals surface area contributed by atoms with Crippen LogP contribution >= 0.6 is 0 Å². The van der Waals surface area contributed by atoms with Gasteiger partial charge in [0.1, 0.15) is 0 Å². The van der Waals surface area contributed by atoms with Crippen LogP contribution < -0.4 is 16.6 Å². The number of benzene rings is 1. The molecule has 0 aliphatic carbocycles. The largest absolute Gasteiger partial charge is 0.385 e. The molecule has 1 aromatic heterocycles. The van der Waals surface area contributed by atoms with E-state index in [9.17, 15) is 9.59 Å². The van der Waals surface area contributed by atoms with Crippen LogP contribution in [0.15, 0.2) is 40.1 Å². The quantitative estimate of drug-likeness (QED) is 0.781. The van der Waals surface area contributed by atoms with Crippen molar-refractivity contribution in [3.63, 3.8) is 0 Å². The minimum atomic E-state index is -0.418. The molecule has 0 atom stereocenters. The van der Waals surface area contributed by atoms with Crippen LogP contribution in [0, 0.1) is 0 Å². The van der Waals surface area contributed by atoms with E-state index in [1.54, 1.807) is 0 Å². The van der Waals surface area contributed by atoms with Gasteiger partial charge < -0.3 is 5.32 Å². The molecule has 0 bridgehead atoms. The van der Waals surface area contributed by atoms with Crippen molar-refractivity contribution in [2.75, 3.05) is 11.9 Å². The maximum Gasteiger partial charge on any atom is 0.332 e. The average Bonchev–Trinajstić information content (AvgIpc) is 2.38. The Hall–Kier alpha value is -2.30. The lowest BCUT2D eigenvalue weighted by atomic mass is 10.0. The van der Waals surface area contributed by atoms with Crippen LogP contribution in [0.2, 0.25) is 0 Å². The second-order valence-corrected chi connectivity index (χ2v) is 4.35. The SMILES string of the molecule is O=c1ccn(-c2ccc3c(c2)NCCC3)c(=O)[nH]1. The second kappa shape index (κ2) is 4.18. The maximum atomic E-state index is 11.7. The van der Waals surface area contributed by atoms with Crippen molar-refractivity contribution < 1.29 is 0 Å². The third-order valence-corrected chi connectivity index (χ3v) is 3.13. The van der Waals surface area contributed by atoms with Gasteiger partial charge in [0.05, 0.1) is 5.69 Å². The van der Waals surface area contributed by atoms with E-state index in [2.05, 4.69) is 10.3 Å². The Morgan fingerprint density at radius 3 is 2.89 bits per heavy atom. The number of aryl methyl sites for hydroxylation is 1. The zero-order valence-electron chi connectivity index (χ0n) is 9.77. The number of nitrogens with one attached hydrogen (secondary N) is 2. The molecular weight excluding hydrogens is 230 g/mol. The summed E-state index contributed by atoms with van der Waals surface area (Å²) in [5, 5.41) is 3.32. The second-order valence-electron chi connectivity index (χ2n) is 4.35. The van der Waals surface area contributed by atoms with Crippen molar-refractivity contribution >= 4 is 5.69 Å². The average molecular weight is 243 g/mol. The number of aromatic amines is 1. The summed E-state index contributed by atoms with van der Waals surface area (Å²) >= 11 is 0. The molecule has 0 radical (unpaired) electrons. The summed E-state index contributed by atoms with van der Waals surface area (Å²) in [6, 6.07) is 7.20. The predicted octanol–water partition coefficient (Wildman–Crippen LogP) is 0.884. The van der Waals surface area contributed by atoms with Crippen molar-refractivity contribution in [3.05, 3.63) is 56.9 Å². The van der Waals surface area contributed by atoms with Gasteiger partial charge in [0.2, 0.25) is 0 Å². The van der Waals surface area contributed by atoms with Crippen LogP contribution in [0.1, 0.15) is 12.0 Å². The van der Waals surface area contributed by atoms with Gasteiger partial charge in [-0.1, -0.05) is 6.07 Å². The summed E-state index contributed by atoms with van der Waals surface area (Å²) in [7, 11) is 0. The number of nitrogens with zero attached hydrogens (tertiary/aromatic N) is 1. The van der Waals surface area contributed by atoms with Crippen molar-refractivity contribution in [2.45, 2.75) is 12.8 Å². The Morgan fingerprint density at radius 1 is 1.17 bits per heavy atom. The fraction of sp³-hybridized carbons (Fsp3) is 0.231. The molecule has 5 nitrogen and oxygen atoms in total. The molecule has 1 aliphatic heterocycles. The Kier molecular flexibility index (Phi) is 2.51. The zero-order valence-corrected chi connectivity index (χ0v) is 9.77. The summed E-state index contributed by atoms with van der Waals surface area (Å²) in [6.45, 7) is 0.955. The van der Waals surface area contributed by atoms with Crippen LogP contribution in [-0.2, 0) is 6.42 Å². The third-order valence-electron chi connectivity index (χ3n) is 3.13. The first-order chi connectivity index (χ1) is 8.74. The minimum Gasteiger partial charge on any atom is -0.385 e. The fourth-order valence-corrected chi connectivity index (χ4v) is 2.22. The van der Waals surface area contributed by atoms with Crippen LogP contribution in [0.4, 0.5) is 5.69 Å². The molecule has 3 rings (SSSR count). The molecular formula is C13H13N3O2. The van der Waals surface area contributed by atoms with Gasteiger partial charge in [-0.3, -0.25) is 14.3 Å². The summed E-state index contributed by atoms with van der Waals surface area (Å²) in [5.74, 6) is 0. The predicted molar refractivity (Wildman–Crippen MR) is 69.5 cm³/mol. The molecule has 2 aromatic rings. The normalized spacial score (nSPS) is 13.8. The van der Waals surface area contributed by atoms with E-state index in [1.165, 1.54) is 22.4 Å². The standard InChI is InChI=1S/C13H13N3O2/c17-12-5-7-16(13(18)15-12)10-4-3-9-2-1-6-14-11(9)8-10/h3-5,7-8,14H,1-2,6H2,(H,15,17,18). The smallest absolute Gasteiger partial charge is 0.332 e. The molecule has 0 saturated heterocycles. The van der Waals surface area contributed by atoms with Crippen LogP contribution in [-0.4, -0.2) is 16.1 Å². The number of H-pyrrole nitrogens is 1. The van der Waals surface area contributed by atoms with Gasteiger partial charge in [0.15, 0.2) is 0 Å². The Labute approximate surface area is 103 Å². The molecule has 2 heterocycles. The van der Waals surface area contributed by atoms with E-state index in [-0.39, 0.29) is 5.56 Å². The fourth-order valence-electron chi connectivity index (χ4n) is 2.22. The first-order valence-electron chi connectivity index (χ1n) is 5.93. The topological polar surface area (TPSA) is 66.9 Å². The highest BCUT2D eigenvalue weighted by Crippen LogP contribution is 2.23. The molecule has 0 spiro atoms. The molecule has 5 heteroatoms. The molecule has 0 amide bonds. The Bertz CT molecular complexity index is 700. The number of anilines is 1. The monoisotopic (exact) mass is 243 g/mol. The van der Waals surface area contributed by atoms with E-state index < -0.39 is 5.69 Å². The van der Waals surface area contributed by atoms with Crippen molar-refractivity contribution in [2.24, 2.45) is 0 Å². The van der Waals surface area contributed by atoms with Crippen LogP contribution in [0.25, 0.3) is 5.69 Å². The minimum absolute atomic E-state index is 0.382. The van der Waals surface area contributed by atoms with E-state index >= 15 is 0 Å². The lowest BCUT2D eigenvalue weighted by Crippen LogP contribution is -2.27. The van der Waals surface area contributed by atoms with Gasteiger partial charge >= 0.3 is 5.69 Å². The Morgan fingerprint density at radius 2 is 2.06 bits per heavy atom. The lowest BCUT2D eigenvalue weighted by molar-refractivity contribution is 0.826. The highest BCUT2D eigenvalue weighted by molar-refractivity contribution is 5.58. The Balaban J connectivity index is 2.12. The third kappa shape index (κ3) is 1.84. The summed E-state index contributed by atoms with van der Waals surface area (Å²) in [6.07, 6.45) is 3.68. The van der Waals surface area contributed by atoms with Gasteiger partial charge in [-0.15, -0.1) is 0 Å². The molecule has 1 aromatic carbocycles. The number of hydrogen-bond acceptors (Lipinski definition) is 3. The molecule has 18 heavy (non-hydrogen) atoms. The van der Waals surface area contributed by atoms with Crippen molar-refractivity contribution in [3.8, 4) is 5.69 Å². The molecule has 1 aliphatic rings. The lowest BCUT2D eigenvalue weighted by Gasteiger charge is -2.19. The first-order valence-corrected chi connectivity index (χ1v) is 5.93.